The van der Waals surface area contributed by atoms with E-state index in [1.807, 2.05) is 38.1 Å². The van der Waals surface area contributed by atoms with Crippen LogP contribution in [0, 0.1) is 19.8 Å². The van der Waals surface area contributed by atoms with Gasteiger partial charge in [-0.05, 0) is 91.9 Å². The number of nitrogens with one attached hydrogen (secondary N) is 1. The first-order valence-electron chi connectivity index (χ1n) is 14.2. The highest BCUT2D eigenvalue weighted by Gasteiger charge is 2.32. The highest BCUT2D eigenvalue weighted by atomic mass is 32.2. The number of ether oxygens (including phenoxy) is 2. The number of amidine groups is 1. The zero-order valence-corrected chi connectivity index (χ0v) is 26.0. The Balaban J connectivity index is 1.29. The van der Waals surface area contributed by atoms with Crippen LogP contribution in [0.15, 0.2) is 72.0 Å². The van der Waals surface area contributed by atoms with Crippen molar-refractivity contribution >= 4 is 40.2 Å². The lowest BCUT2D eigenvalue weighted by Gasteiger charge is -2.21. The highest BCUT2D eigenvalue weighted by Crippen LogP contribution is 2.35. The van der Waals surface area contributed by atoms with Crippen LogP contribution in [-0.4, -0.2) is 50.8 Å². The summed E-state index contributed by atoms with van der Waals surface area (Å²) in [6.07, 6.45) is 2.38. The van der Waals surface area contributed by atoms with Gasteiger partial charge in [-0.15, -0.1) is 5.10 Å². The molecule has 1 saturated heterocycles. The van der Waals surface area contributed by atoms with Gasteiger partial charge in [0.25, 0.3) is 0 Å². The summed E-state index contributed by atoms with van der Waals surface area (Å²) in [5.74, 6) is 1.49. The maximum Gasteiger partial charge on any atom is 0.387 e. The van der Waals surface area contributed by atoms with Crippen molar-refractivity contribution in [2.45, 2.75) is 40.7 Å². The molecule has 3 aromatic carbocycles. The van der Waals surface area contributed by atoms with Crippen molar-refractivity contribution in [3.63, 3.8) is 0 Å². The van der Waals surface area contributed by atoms with E-state index in [1.54, 1.807) is 24.3 Å². The third-order valence-electron chi connectivity index (χ3n) is 6.82. The van der Waals surface area contributed by atoms with Gasteiger partial charge in [0.15, 0.2) is 11.0 Å². The summed E-state index contributed by atoms with van der Waals surface area (Å²) in [6.45, 7) is 5.60. The average Bonchev–Trinajstić information content (AvgIpc) is 3.62. The van der Waals surface area contributed by atoms with E-state index in [0.717, 1.165) is 17.5 Å². The van der Waals surface area contributed by atoms with E-state index in [4.69, 9.17) is 4.74 Å². The number of halogens is 2. The number of urea groups is 1. The van der Waals surface area contributed by atoms with Crippen LogP contribution in [0.25, 0.3) is 17.1 Å². The molecule has 4 aromatic rings. The predicted molar refractivity (Wildman–Crippen MR) is 171 cm³/mol. The van der Waals surface area contributed by atoms with Gasteiger partial charge in [-0.2, -0.15) is 13.8 Å². The number of carbonyl (C=O) groups excluding carboxylic acids is 2. The number of rotatable bonds is 10. The Labute approximate surface area is 263 Å². The van der Waals surface area contributed by atoms with Crippen LogP contribution in [-0.2, 0) is 4.79 Å². The minimum absolute atomic E-state index is 0.0457. The number of aromatic nitrogens is 3. The van der Waals surface area contributed by atoms with Crippen LogP contribution < -0.4 is 19.7 Å². The molecule has 45 heavy (non-hydrogen) atoms. The highest BCUT2D eigenvalue weighted by molar-refractivity contribution is 8.15. The smallest absolute Gasteiger partial charge is 0.387 e. The molecule has 3 amide bonds. The second-order valence-corrected chi connectivity index (χ2v) is 11.7. The summed E-state index contributed by atoms with van der Waals surface area (Å²) in [7, 11) is 0. The Kier molecular flexibility index (Phi) is 9.77. The summed E-state index contributed by atoms with van der Waals surface area (Å²) >= 11 is 1.19. The average molecular weight is 635 g/mol. The molecule has 13 heteroatoms. The van der Waals surface area contributed by atoms with E-state index in [-0.39, 0.29) is 22.6 Å². The monoisotopic (exact) mass is 634 g/mol. The molecule has 0 bridgehead atoms. The van der Waals surface area contributed by atoms with Gasteiger partial charge >= 0.3 is 12.6 Å². The van der Waals surface area contributed by atoms with Crippen LogP contribution in [0.3, 0.4) is 0 Å². The third kappa shape index (κ3) is 7.85. The Morgan fingerprint density at radius 1 is 1.09 bits per heavy atom. The Morgan fingerprint density at radius 3 is 2.58 bits per heavy atom. The van der Waals surface area contributed by atoms with Gasteiger partial charge in [-0.3, -0.25) is 9.69 Å². The van der Waals surface area contributed by atoms with Gasteiger partial charge in [-0.25, -0.2) is 14.5 Å². The molecule has 0 saturated carbocycles. The number of aliphatic imine (C=N–C) groups is 1. The first-order valence-corrected chi connectivity index (χ1v) is 15.2. The molecule has 5 rings (SSSR count). The Hall–Kier alpha value is -4.78. The normalized spacial score (nSPS) is 14.1. The van der Waals surface area contributed by atoms with Crippen LogP contribution in [0.2, 0.25) is 0 Å². The lowest BCUT2D eigenvalue weighted by molar-refractivity contribution is -0.115. The number of hydrogen-bond donors (Lipinski definition) is 1. The fourth-order valence-electron chi connectivity index (χ4n) is 4.48. The third-order valence-corrected chi connectivity index (χ3v) is 7.74. The zero-order chi connectivity index (χ0) is 32.1. The molecule has 10 nitrogen and oxygen atoms in total. The van der Waals surface area contributed by atoms with E-state index >= 15 is 0 Å². The molecular weight excluding hydrogens is 602 g/mol. The molecule has 1 fully saturated rings. The summed E-state index contributed by atoms with van der Waals surface area (Å²) in [4.78, 5) is 36.0. The quantitative estimate of drug-likeness (QED) is 0.196. The molecule has 234 valence electrons. The largest absolute Gasteiger partial charge is 0.491 e. The summed E-state index contributed by atoms with van der Waals surface area (Å²) < 4.78 is 36.8. The standard InChI is InChI=1S/C32H32F2N6O4S/c1-19(2)13-14-43-27-12-5-20(3)15-26(27)40-28(41)17-45-32(40)37-31(42)36-25-11-6-22(16-21(25)4)29-35-18-39(38-29)23-7-9-24(10-8-23)44-30(33)34/h5-12,15-16,18-19,30H,13-14,17H2,1-4H3,(H,36,42)/b37-32-. The SMILES string of the molecule is Cc1ccc(OCCC(C)C)c(N2C(=O)CS/C2=N\C(=O)Nc2ccc(-c3ncn(-c4ccc(OC(F)F)cc4)n3)cc2C)c1. The maximum atomic E-state index is 13.0. The number of thioether (sulfide) groups is 1. The first-order chi connectivity index (χ1) is 21.6. The molecule has 1 aliphatic heterocycles. The number of hydrogen-bond acceptors (Lipinski definition) is 7. The summed E-state index contributed by atoms with van der Waals surface area (Å²) in [5.41, 5.74) is 4.12. The summed E-state index contributed by atoms with van der Waals surface area (Å²) in [6, 6.07) is 16.4. The number of alkyl halides is 2. The number of aryl methyl sites for hydroxylation is 2. The maximum absolute atomic E-state index is 13.0. The van der Waals surface area contributed by atoms with Gasteiger partial charge in [-0.1, -0.05) is 31.7 Å². The van der Waals surface area contributed by atoms with Gasteiger partial charge in [0.05, 0.1) is 23.7 Å². The van der Waals surface area contributed by atoms with Crippen molar-refractivity contribution < 1.29 is 27.8 Å². The van der Waals surface area contributed by atoms with Gasteiger partial charge in [0, 0.05) is 11.3 Å². The molecule has 0 aliphatic carbocycles. The van der Waals surface area contributed by atoms with Crippen LogP contribution >= 0.6 is 11.8 Å². The Bertz CT molecular complexity index is 1730. The fourth-order valence-corrected chi connectivity index (χ4v) is 5.34. The Morgan fingerprint density at radius 2 is 1.87 bits per heavy atom. The molecular formula is C32H32F2N6O4S. The number of anilines is 2. The predicted octanol–water partition coefficient (Wildman–Crippen LogP) is 7.25. The van der Waals surface area contributed by atoms with Crippen molar-refractivity contribution in [1.82, 2.24) is 14.8 Å². The molecule has 0 radical (unpaired) electrons. The second-order valence-electron chi connectivity index (χ2n) is 10.8. The molecule has 1 aromatic heterocycles. The molecule has 1 N–H and O–H groups in total. The molecule has 1 aliphatic rings. The summed E-state index contributed by atoms with van der Waals surface area (Å²) in [5, 5.41) is 7.56. The molecule has 2 heterocycles. The molecule has 0 unspecified atom stereocenters. The lowest BCUT2D eigenvalue weighted by atomic mass is 10.1. The lowest BCUT2D eigenvalue weighted by Crippen LogP contribution is -2.31. The van der Waals surface area contributed by atoms with E-state index < -0.39 is 12.6 Å². The van der Waals surface area contributed by atoms with Gasteiger partial charge < -0.3 is 14.8 Å². The van der Waals surface area contributed by atoms with Crippen molar-refractivity contribution in [3.05, 3.63) is 78.1 Å². The van der Waals surface area contributed by atoms with Crippen molar-refractivity contribution in [3.8, 4) is 28.6 Å². The molecule has 0 atom stereocenters. The number of carbonyl (C=O) groups is 2. The van der Waals surface area contributed by atoms with E-state index in [2.05, 4.69) is 39.0 Å². The van der Waals surface area contributed by atoms with Crippen molar-refractivity contribution in [2.24, 2.45) is 10.9 Å². The van der Waals surface area contributed by atoms with E-state index in [1.165, 1.54) is 39.8 Å². The van der Waals surface area contributed by atoms with Crippen LogP contribution in [0.4, 0.5) is 25.0 Å². The number of benzene rings is 3. The van der Waals surface area contributed by atoms with Crippen molar-refractivity contribution in [1.29, 1.82) is 0 Å². The van der Waals surface area contributed by atoms with Gasteiger partial charge in [0.1, 0.15) is 17.8 Å². The van der Waals surface area contributed by atoms with Crippen LogP contribution in [0.5, 0.6) is 11.5 Å². The number of nitrogens with zero attached hydrogens (tertiary/aromatic N) is 5. The minimum Gasteiger partial charge on any atom is -0.491 e. The number of amides is 3. The van der Waals surface area contributed by atoms with Crippen LogP contribution in [0.1, 0.15) is 31.4 Å². The topological polar surface area (TPSA) is 111 Å². The van der Waals surface area contributed by atoms with E-state index in [0.29, 0.717) is 46.7 Å². The van der Waals surface area contributed by atoms with Crippen molar-refractivity contribution in [2.75, 3.05) is 22.6 Å². The fraction of sp³-hybridized carbons (Fsp3) is 0.281. The van der Waals surface area contributed by atoms with Gasteiger partial charge in [0.2, 0.25) is 5.91 Å². The second kappa shape index (κ2) is 13.9. The van der Waals surface area contributed by atoms with E-state index in [9.17, 15) is 18.4 Å². The molecule has 0 spiro atoms. The minimum atomic E-state index is -2.90. The first kappa shape index (κ1) is 31.6. The zero-order valence-electron chi connectivity index (χ0n) is 25.2.